The fourth-order valence-corrected chi connectivity index (χ4v) is 6.11. The molecule has 9 heteroatoms. The number of anilines is 1. The minimum absolute atomic E-state index is 0.00480. The Kier molecular flexibility index (Phi) is 6.37. The van der Waals surface area contributed by atoms with Crippen LogP contribution in [0.5, 0.6) is 0 Å². The lowest BCUT2D eigenvalue weighted by atomic mass is 9.78. The largest absolute Gasteiger partial charge is 0.366 e. The van der Waals surface area contributed by atoms with Crippen LogP contribution in [0.15, 0.2) is 18.2 Å². The van der Waals surface area contributed by atoms with Crippen molar-refractivity contribution in [1.82, 2.24) is 10.2 Å². The Bertz CT molecular complexity index is 1020. The molecule has 4 aliphatic rings. The molecule has 0 aromatic heterocycles. The molecule has 2 saturated heterocycles. The van der Waals surface area contributed by atoms with Crippen LogP contribution in [0.2, 0.25) is 0 Å². The van der Waals surface area contributed by atoms with Crippen molar-refractivity contribution in [2.24, 2.45) is 11.8 Å². The van der Waals surface area contributed by atoms with Crippen LogP contribution in [0.25, 0.3) is 0 Å². The zero-order valence-electron chi connectivity index (χ0n) is 19.2. The molecule has 3 fully saturated rings. The van der Waals surface area contributed by atoms with Gasteiger partial charge in [0, 0.05) is 24.2 Å². The summed E-state index contributed by atoms with van der Waals surface area (Å²) in [5.41, 5.74) is 2.08. The van der Waals surface area contributed by atoms with Gasteiger partial charge >= 0.3 is 0 Å². The highest BCUT2D eigenvalue weighted by Gasteiger charge is 2.53. The first-order valence-electron chi connectivity index (χ1n) is 12.1. The van der Waals surface area contributed by atoms with Crippen molar-refractivity contribution in [2.45, 2.75) is 69.0 Å². The summed E-state index contributed by atoms with van der Waals surface area (Å²) in [6.45, 7) is 2.40. The molecular weight excluding hydrogens is 458 g/mol. The Labute approximate surface area is 203 Å². The van der Waals surface area contributed by atoms with E-state index in [2.05, 4.69) is 17.6 Å². The summed E-state index contributed by atoms with van der Waals surface area (Å²) in [7, 11) is 0. The predicted molar refractivity (Wildman–Crippen MR) is 126 cm³/mol. The van der Waals surface area contributed by atoms with E-state index in [-0.39, 0.29) is 42.6 Å². The number of carbonyl (C=O) groups excluding carboxylic acids is 4. The van der Waals surface area contributed by atoms with Crippen LogP contribution in [0.4, 0.5) is 5.69 Å². The van der Waals surface area contributed by atoms with Gasteiger partial charge < -0.3 is 20.3 Å². The fraction of sp³-hybridized carbons (Fsp3) is 0.600. The number of hydrogen-bond donors (Lipinski definition) is 2. The van der Waals surface area contributed by atoms with Gasteiger partial charge in [0.2, 0.25) is 11.8 Å². The molecule has 0 bridgehead atoms. The minimum Gasteiger partial charge on any atom is -0.366 e. The maximum absolute atomic E-state index is 13.8. The van der Waals surface area contributed by atoms with E-state index in [4.69, 9.17) is 16.3 Å². The Hall–Kier alpha value is -2.45. The van der Waals surface area contributed by atoms with E-state index in [1.54, 1.807) is 18.2 Å². The average molecular weight is 488 g/mol. The van der Waals surface area contributed by atoms with E-state index >= 15 is 0 Å². The first kappa shape index (κ1) is 23.3. The number of rotatable bonds is 4. The van der Waals surface area contributed by atoms with Crippen LogP contribution in [-0.4, -0.2) is 65.1 Å². The van der Waals surface area contributed by atoms with E-state index in [9.17, 15) is 19.2 Å². The molecule has 8 nitrogen and oxygen atoms in total. The Balaban J connectivity index is 1.38. The number of hydrogen-bond acceptors (Lipinski definition) is 5. The molecule has 1 saturated carbocycles. The molecular formula is C25H30ClN3O5. The van der Waals surface area contributed by atoms with Gasteiger partial charge in [0.1, 0.15) is 24.8 Å². The number of alkyl halides is 1. The lowest BCUT2D eigenvalue weighted by Gasteiger charge is -2.35. The molecule has 5 rings (SSSR count). The standard InChI is InChI=1S/C25H30ClN3O5/c1-13-2-4-14(5-3-13)21(25(33)29-11-17(26)23-22(29)19(30)12-34-23)28-24(32)16-6-8-18-15(10-16)7-9-20(31)27-18/h6,8,10,13-14,17,21-23H,2-5,7,9,11-12H2,1H3,(H,27,31)(H,28,32)/t13-,14-,17-,21-,22+,23+/m0/s1. The van der Waals surface area contributed by atoms with Crippen LogP contribution in [0.3, 0.4) is 0 Å². The lowest BCUT2D eigenvalue weighted by Crippen LogP contribution is -2.55. The third-order valence-electron chi connectivity index (χ3n) is 7.75. The molecule has 34 heavy (non-hydrogen) atoms. The number of fused-ring (bicyclic) bond motifs is 2. The minimum atomic E-state index is -0.730. The quantitative estimate of drug-likeness (QED) is 0.634. The summed E-state index contributed by atoms with van der Waals surface area (Å²) in [6.07, 6.45) is 4.13. The molecule has 1 aliphatic carbocycles. The monoisotopic (exact) mass is 487 g/mol. The summed E-state index contributed by atoms with van der Waals surface area (Å²) in [6, 6.07) is 3.78. The number of aryl methyl sites for hydroxylation is 1. The fourth-order valence-electron chi connectivity index (χ4n) is 5.75. The van der Waals surface area contributed by atoms with Crippen LogP contribution in [-0.2, 0) is 25.5 Å². The molecule has 4 atom stereocenters. The average Bonchev–Trinajstić information content (AvgIpc) is 3.37. The van der Waals surface area contributed by atoms with Gasteiger partial charge in [-0.2, -0.15) is 0 Å². The highest BCUT2D eigenvalue weighted by molar-refractivity contribution is 6.22. The maximum atomic E-state index is 13.8. The number of amides is 3. The van der Waals surface area contributed by atoms with E-state index < -0.39 is 23.6 Å². The third-order valence-corrected chi connectivity index (χ3v) is 8.14. The van der Waals surface area contributed by atoms with Crippen molar-refractivity contribution in [3.63, 3.8) is 0 Å². The zero-order valence-corrected chi connectivity index (χ0v) is 20.0. The molecule has 3 amide bonds. The smallest absolute Gasteiger partial charge is 0.251 e. The first-order valence-corrected chi connectivity index (χ1v) is 12.6. The van der Waals surface area contributed by atoms with Crippen molar-refractivity contribution in [3.8, 4) is 0 Å². The topological polar surface area (TPSA) is 105 Å². The number of carbonyl (C=O) groups is 4. The molecule has 1 aromatic rings. The Morgan fingerprint density at radius 2 is 1.94 bits per heavy atom. The van der Waals surface area contributed by atoms with Gasteiger partial charge in [-0.1, -0.05) is 19.8 Å². The normalized spacial score (nSPS) is 31.5. The second-order valence-corrected chi connectivity index (χ2v) is 10.6. The second-order valence-electron chi connectivity index (χ2n) is 10.1. The van der Waals surface area contributed by atoms with Crippen molar-refractivity contribution in [3.05, 3.63) is 29.3 Å². The first-order chi connectivity index (χ1) is 16.3. The SMILES string of the molecule is C[C@H]1CC[C@H]([C@H](NC(=O)c2ccc3c(c2)CCC(=O)N3)C(=O)N2C[C@H](Cl)[C@H]3OCC(=O)[C@H]32)CC1. The van der Waals surface area contributed by atoms with Crippen LogP contribution in [0, 0.1) is 11.8 Å². The molecule has 0 unspecified atom stereocenters. The van der Waals surface area contributed by atoms with Crippen molar-refractivity contribution in [2.75, 3.05) is 18.5 Å². The highest BCUT2D eigenvalue weighted by Crippen LogP contribution is 2.35. The van der Waals surface area contributed by atoms with Crippen LogP contribution >= 0.6 is 11.6 Å². The molecule has 0 spiro atoms. The molecule has 182 valence electrons. The van der Waals surface area contributed by atoms with Crippen LogP contribution in [0.1, 0.15) is 54.9 Å². The number of ether oxygens (including phenoxy) is 1. The van der Waals surface area contributed by atoms with E-state index in [1.807, 2.05) is 0 Å². The Morgan fingerprint density at radius 3 is 2.71 bits per heavy atom. The number of nitrogens with zero attached hydrogens (tertiary/aromatic N) is 1. The number of likely N-dealkylation sites (tertiary alicyclic amines) is 1. The number of benzene rings is 1. The predicted octanol–water partition coefficient (Wildman–Crippen LogP) is 2.28. The summed E-state index contributed by atoms with van der Waals surface area (Å²) in [4.78, 5) is 52.7. The van der Waals surface area contributed by atoms with Crippen LogP contribution < -0.4 is 10.6 Å². The molecule has 1 aromatic carbocycles. The van der Waals surface area contributed by atoms with Gasteiger partial charge in [0.05, 0.1) is 5.38 Å². The summed E-state index contributed by atoms with van der Waals surface area (Å²) < 4.78 is 5.54. The number of ketones is 1. The number of Topliss-reactive ketones (excluding diaryl/α,β-unsaturated/α-hetero) is 1. The van der Waals surface area contributed by atoms with Gasteiger partial charge in [-0.15, -0.1) is 11.6 Å². The lowest BCUT2D eigenvalue weighted by molar-refractivity contribution is -0.139. The highest BCUT2D eigenvalue weighted by atomic mass is 35.5. The second kappa shape index (κ2) is 9.30. The Morgan fingerprint density at radius 1 is 1.18 bits per heavy atom. The van der Waals surface area contributed by atoms with Gasteiger partial charge in [-0.05, 0) is 54.9 Å². The van der Waals surface area contributed by atoms with Crippen molar-refractivity contribution < 1.29 is 23.9 Å². The maximum Gasteiger partial charge on any atom is 0.251 e. The summed E-state index contributed by atoms with van der Waals surface area (Å²) in [5.74, 6) is -0.171. The van der Waals surface area contributed by atoms with Crippen molar-refractivity contribution in [1.29, 1.82) is 0 Å². The zero-order chi connectivity index (χ0) is 24.0. The summed E-state index contributed by atoms with van der Waals surface area (Å²) >= 11 is 6.42. The van der Waals surface area contributed by atoms with Gasteiger partial charge in [-0.25, -0.2) is 0 Å². The number of halogens is 1. The molecule has 2 N–H and O–H groups in total. The van der Waals surface area contributed by atoms with Gasteiger partial charge in [0.25, 0.3) is 5.91 Å². The number of nitrogens with one attached hydrogen (secondary N) is 2. The molecule has 0 radical (unpaired) electrons. The van der Waals surface area contributed by atoms with Gasteiger partial charge in [0.15, 0.2) is 5.78 Å². The van der Waals surface area contributed by atoms with Gasteiger partial charge in [-0.3, -0.25) is 19.2 Å². The van der Waals surface area contributed by atoms with E-state index in [0.717, 1.165) is 36.9 Å². The van der Waals surface area contributed by atoms with E-state index in [0.29, 0.717) is 24.3 Å². The third kappa shape index (κ3) is 4.33. The molecule has 3 aliphatic heterocycles. The summed E-state index contributed by atoms with van der Waals surface area (Å²) in [5, 5.41) is 5.38. The molecule has 3 heterocycles. The van der Waals surface area contributed by atoms with Crippen molar-refractivity contribution >= 4 is 40.8 Å². The van der Waals surface area contributed by atoms with E-state index in [1.165, 1.54) is 4.90 Å².